The van der Waals surface area contributed by atoms with Crippen LogP contribution in [0.3, 0.4) is 0 Å². The molecule has 0 radical (unpaired) electrons. The highest BCUT2D eigenvalue weighted by Crippen LogP contribution is 2.20. The zero-order chi connectivity index (χ0) is 16.8. The van der Waals surface area contributed by atoms with Gasteiger partial charge in [0, 0.05) is 44.4 Å². The lowest BCUT2D eigenvalue weighted by molar-refractivity contribution is 0.270. The molecule has 1 fully saturated rings. The van der Waals surface area contributed by atoms with Crippen molar-refractivity contribution in [2.75, 3.05) is 50.1 Å². The lowest BCUT2D eigenvalue weighted by Crippen LogP contribution is -2.46. The monoisotopic (exact) mass is 327 g/mol. The number of likely N-dealkylation sites (N-methyl/N-ethyl adjacent to an activating group) is 1. The summed E-state index contributed by atoms with van der Waals surface area (Å²) in [5.74, 6) is 2.71. The minimum absolute atomic E-state index is 0.671. The Morgan fingerprint density at radius 3 is 2.67 bits per heavy atom. The standard InChI is InChI=1S/C18H25N5O/c1-3-22-8-10-23(11-9-22)18-12-17(20-14-21-18)19-13-15-6-4-5-7-16(15)24-2/h4-7,12,14H,3,8-11,13H2,1-2H3,(H,19,20,21). The quantitative estimate of drug-likeness (QED) is 0.878. The first-order valence-electron chi connectivity index (χ1n) is 8.45. The summed E-state index contributed by atoms with van der Waals surface area (Å²) in [5.41, 5.74) is 1.11. The van der Waals surface area contributed by atoms with Gasteiger partial charge in [-0.3, -0.25) is 0 Å². The van der Waals surface area contributed by atoms with E-state index in [1.807, 2.05) is 24.3 Å². The number of benzene rings is 1. The molecule has 6 nitrogen and oxygen atoms in total. The van der Waals surface area contributed by atoms with Crippen LogP contribution in [0, 0.1) is 0 Å². The molecule has 6 heteroatoms. The fourth-order valence-electron chi connectivity index (χ4n) is 2.94. The van der Waals surface area contributed by atoms with Crippen molar-refractivity contribution in [2.24, 2.45) is 0 Å². The number of ether oxygens (including phenoxy) is 1. The van der Waals surface area contributed by atoms with Gasteiger partial charge in [0.2, 0.25) is 0 Å². The minimum Gasteiger partial charge on any atom is -0.496 e. The highest BCUT2D eigenvalue weighted by Gasteiger charge is 2.17. The van der Waals surface area contributed by atoms with Crippen molar-refractivity contribution in [3.63, 3.8) is 0 Å². The smallest absolute Gasteiger partial charge is 0.134 e. The predicted molar refractivity (Wildman–Crippen MR) is 96.7 cm³/mol. The van der Waals surface area contributed by atoms with E-state index < -0.39 is 0 Å². The van der Waals surface area contributed by atoms with Crippen molar-refractivity contribution in [3.05, 3.63) is 42.2 Å². The lowest BCUT2D eigenvalue weighted by Gasteiger charge is -2.34. The van der Waals surface area contributed by atoms with Gasteiger partial charge in [-0.1, -0.05) is 25.1 Å². The van der Waals surface area contributed by atoms with E-state index in [-0.39, 0.29) is 0 Å². The second-order valence-electron chi connectivity index (χ2n) is 5.85. The third-order valence-electron chi connectivity index (χ3n) is 4.45. The molecule has 1 aliphatic rings. The zero-order valence-electron chi connectivity index (χ0n) is 14.4. The van der Waals surface area contributed by atoms with Gasteiger partial charge in [0.15, 0.2) is 0 Å². The van der Waals surface area contributed by atoms with Crippen LogP contribution >= 0.6 is 0 Å². The zero-order valence-corrected chi connectivity index (χ0v) is 14.4. The molecule has 0 aliphatic carbocycles. The molecule has 0 unspecified atom stereocenters. The lowest BCUT2D eigenvalue weighted by atomic mass is 10.2. The Labute approximate surface area is 143 Å². The summed E-state index contributed by atoms with van der Waals surface area (Å²) in [6.45, 7) is 8.19. The van der Waals surface area contributed by atoms with Gasteiger partial charge in [-0.25, -0.2) is 9.97 Å². The van der Waals surface area contributed by atoms with Crippen molar-refractivity contribution in [3.8, 4) is 5.75 Å². The molecular weight excluding hydrogens is 302 g/mol. The molecule has 1 aliphatic heterocycles. The Morgan fingerprint density at radius 1 is 1.12 bits per heavy atom. The van der Waals surface area contributed by atoms with Crippen LogP contribution in [-0.2, 0) is 6.54 Å². The predicted octanol–water partition coefficient (Wildman–Crippen LogP) is 2.24. The summed E-state index contributed by atoms with van der Waals surface area (Å²) < 4.78 is 5.39. The van der Waals surface area contributed by atoms with Crippen LogP contribution in [0.15, 0.2) is 36.7 Å². The number of methoxy groups -OCH3 is 1. The molecular formula is C18H25N5O. The van der Waals surface area contributed by atoms with Crippen LogP contribution in [0.4, 0.5) is 11.6 Å². The van der Waals surface area contributed by atoms with E-state index in [9.17, 15) is 0 Å². The molecule has 2 heterocycles. The van der Waals surface area contributed by atoms with Crippen LogP contribution in [0.2, 0.25) is 0 Å². The Bertz CT molecular complexity index is 655. The maximum absolute atomic E-state index is 5.39. The first kappa shape index (κ1) is 16.5. The average Bonchev–Trinajstić information content (AvgIpc) is 2.67. The van der Waals surface area contributed by atoms with Crippen LogP contribution in [0.5, 0.6) is 5.75 Å². The van der Waals surface area contributed by atoms with Crippen molar-refractivity contribution in [2.45, 2.75) is 13.5 Å². The molecule has 2 aromatic rings. The highest BCUT2D eigenvalue weighted by molar-refractivity contribution is 5.49. The Kier molecular flexibility index (Phi) is 5.48. The molecule has 24 heavy (non-hydrogen) atoms. The summed E-state index contributed by atoms with van der Waals surface area (Å²) >= 11 is 0. The number of anilines is 2. The third-order valence-corrected chi connectivity index (χ3v) is 4.45. The van der Waals surface area contributed by atoms with Gasteiger partial charge >= 0.3 is 0 Å². The molecule has 0 bridgehead atoms. The second kappa shape index (κ2) is 7.97. The van der Waals surface area contributed by atoms with Gasteiger partial charge in [0.25, 0.3) is 0 Å². The maximum Gasteiger partial charge on any atom is 0.134 e. The molecule has 1 N–H and O–H groups in total. The maximum atomic E-state index is 5.39. The molecule has 0 saturated carbocycles. The van der Waals surface area contributed by atoms with E-state index in [4.69, 9.17) is 4.74 Å². The number of aromatic nitrogens is 2. The normalized spacial score (nSPS) is 15.3. The number of rotatable bonds is 6. The second-order valence-corrected chi connectivity index (χ2v) is 5.85. The van der Waals surface area contributed by atoms with Crippen LogP contribution in [0.1, 0.15) is 12.5 Å². The number of hydrogen-bond donors (Lipinski definition) is 1. The molecule has 0 spiro atoms. The molecule has 0 atom stereocenters. The summed E-state index contributed by atoms with van der Waals surface area (Å²) in [5, 5.41) is 3.37. The summed E-state index contributed by atoms with van der Waals surface area (Å²) in [6.07, 6.45) is 1.63. The number of para-hydroxylation sites is 1. The van der Waals surface area contributed by atoms with Crippen LogP contribution in [-0.4, -0.2) is 54.7 Å². The first-order chi connectivity index (χ1) is 11.8. The average molecular weight is 327 g/mol. The van der Waals surface area contributed by atoms with Gasteiger partial charge in [0.05, 0.1) is 7.11 Å². The molecule has 1 aromatic heterocycles. The van der Waals surface area contributed by atoms with Gasteiger partial charge in [0.1, 0.15) is 23.7 Å². The van der Waals surface area contributed by atoms with E-state index in [2.05, 4.69) is 38.1 Å². The van der Waals surface area contributed by atoms with Crippen molar-refractivity contribution in [1.29, 1.82) is 0 Å². The first-order valence-corrected chi connectivity index (χ1v) is 8.45. The van der Waals surface area contributed by atoms with E-state index in [1.54, 1.807) is 13.4 Å². The molecule has 128 valence electrons. The van der Waals surface area contributed by atoms with Crippen LogP contribution < -0.4 is 15.0 Å². The number of hydrogen-bond acceptors (Lipinski definition) is 6. The van der Waals surface area contributed by atoms with Crippen molar-refractivity contribution >= 4 is 11.6 Å². The minimum atomic E-state index is 0.671. The summed E-state index contributed by atoms with van der Waals surface area (Å²) in [7, 11) is 1.69. The fourth-order valence-corrected chi connectivity index (χ4v) is 2.94. The molecule has 1 aromatic carbocycles. The SMILES string of the molecule is CCN1CCN(c2cc(NCc3ccccc3OC)ncn2)CC1. The van der Waals surface area contributed by atoms with Gasteiger partial charge in [-0.2, -0.15) is 0 Å². The number of nitrogens with one attached hydrogen (secondary N) is 1. The van der Waals surface area contributed by atoms with Crippen LogP contribution in [0.25, 0.3) is 0 Å². The largest absolute Gasteiger partial charge is 0.496 e. The molecule has 3 rings (SSSR count). The van der Waals surface area contributed by atoms with E-state index in [1.165, 1.54) is 0 Å². The van der Waals surface area contributed by atoms with Gasteiger partial charge < -0.3 is 19.9 Å². The molecule has 0 amide bonds. The topological polar surface area (TPSA) is 53.5 Å². The van der Waals surface area contributed by atoms with Crippen molar-refractivity contribution < 1.29 is 4.74 Å². The Morgan fingerprint density at radius 2 is 1.92 bits per heavy atom. The Balaban J connectivity index is 1.63. The van der Waals surface area contributed by atoms with E-state index in [0.29, 0.717) is 6.54 Å². The van der Waals surface area contributed by atoms with Gasteiger partial charge in [-0.15, -0.1) is 0 Å². The fraction of sp³-hybridized carbons (Fsp3) is 0.444. The van der Waals surface area contributed by atoms with E-state index >= 15 is 0 Å². The van der Waals surface area contributed by atoms with Gasteiger partial charge in [-0.05, 0) is 12.6 Å². The third kappa shape index (κ3) is 3.94. The number of nitrogens with zero attached hydrogens (tertiary/aromatic N) is 4. The van der Waals surface area contributed by atoms with E-state index in [0.717, 1.165) is 55.7 Å². The summed E-state index contributed by atoms with van der Waals surface area (Å²) in [6, 6.07) is 10.0. The highest BCUT2D eigenvalue weighted by atomic mass is 16.5. The van der Waals surface area contributed by atoms with Crippen molar-refractivity contribution in [1.82, 2.24) is 14.9 Å². The summed E-state index contributed by atoms with van der Waals surface area (Å²) in [4.78, 5) is 13.5. The molecule has 1 saturated heterocycles. The number of piperazine rings is 1. The Hall–Kier alpha value is -2.34.